The highest BCUT2D eigenvalue weighted by Crippen LogP contribution is 2.26. The molecular formula is C22H23ClN2O4S. The fourth-order valence-electron chi connectivity index (χ4n) is 2.94. The predicted octanol–water partition coefficient (Wildman–Crippen LogP) is 4.53. The van der Waals surface area contributed by atoms with Crippen LogP contribution in [0, 0.1) is 0 Å². The summed E-state index contributed by atoms with van der Waals surface area (Å²) in [6.07, 6.45) is 1.53. The van der Waals surface area contributed by atoms with E-state index in [0.717, 1.165) is 5.56 Å². The number of benzene rings is 2. The van der Waals surface area contributed by atoms with Gasteiger partial charge in [-0.25, -0.2) is 13.1 Å². The summed E-state index contributed by atoms with van der Waals surface area (Å²) >= 11 is 6.13. The van der Waals surface area contributed by atoms with E-state index >= 15 is 0 Å². The predicted molar refractivity (Wildman–Crippen MR) is 116 cm³/mol. The number of nitrogens with one attached hydrogen (secondary N) is 2. The van der Waals surface area contributed by atoms with Gasteiger partial charge in [0.1, 0.15) is 16.7 Å². The van der Waals surface area contributed by atoms with Crippen LogP contribution in [0.5, 0.6) is 0 Å². The van der Waals surface area contributed by atoms with E-state index in [1.165, 1.54) is 24.5 Å². The summed E-state index contributed by atoms with van der Waals surface area (Å²) in [6.45, 7) is 5.18. The van der Waals surface area contributed by atoms with Crippen molar-refractivity contribution in [1.82, 2.24) is 10.0 Å². The fourth-order valence-corrected chi connectivity index (χ4v) is 4.89. The molecule has 0 aliphatic carbocycles. The number of carbonyl (C=O) groups is 1. The molecule has 6 nitrogen and oxygen atoms in total. The van der Waals surface area contributed by atoms with Crippen molar-refractivity contribution < 1.29 is 17.6 Å². The van der Waals surface area contributed by atoms with Crippen LogP contribution in [0.1, 0.15) is 48.5 Å². The molecule has 1 unspecified atom stereocenters. The second-order valence-corrected chi connectivity index (χ2v) is 9.89. The summed E-state index contributed by atoms with van der Waals surface area (Å²) in [5.41, 5.74) is 0.302. The van der Waals surface area contributed by atoms with Crippen molar-refractivity contribution in [3.05, 3.63) is 88.8 Å². The molecule has 0 radical (unpaired) electrons. The van der Waals surface area contributed by atoms with Gasteiger partial charge in [0.05, 0.1) is 11.3 Å². The first-order chi connectivity index (χ1) is 14.1. The van der Waals surface area contributed by atoms with E-state index in [1.807, 2.05) is 30.3 Å². The van der Waals surface area contributed by atoms with Gasteiger partial charge in [0.15, 0.2) is 0 Å². The molecule has 1 heterocycles. The summed E-state index contributed by atoms with van der Waals surface area (Å²) in [5, 5.41) is 2.94. The molecule has 1 atom stereocenters. The molecule has 0 aliphatic heterocycles. The van der Waals surface area contributed by atoms with Crippen LogP contribution in [0.4, 0.5) is 0 Å². The zero-order valence-corrected chi connectivity index (χ0v) is 18.4. The second kappa shape index (κ2) is 8.63. The van der Waals surface area contributed by atoms with Crippen molar-refractivity contribution >= 4 is 27.5 Å². The molecule has 0 spiro atoms. The van der Waals surface area contributed by atoms with Gasteiger partial charge in [-0.15, -0.1) is 0 Å². The maximum Gasteiger partial charge on any atom is 0.252 e. The highest BCUT2D eigenvalue weighted by molar-refractivity contribution is 7.89. The Morgan fingerprint density at radius 3 is 2.33 bits per heavy atom. The third-order valence-corrected chi connectivity index (χ3v) is 6.40. The third kappa shape index (κ3) is 5.30. The number of hydrogen-bond acceptors (Lipinski definition) is 4. The lowest BCUT2D eigenvalue weighted by Crippen LogP contribution is -2.40. The molecule has 3 aromatic rings. The third-order valence-electron chi connectivity index (χ3n) is 4.16. The van der Waals surface area contributed by atoms with E-state index in [2.05, 4.69) is 10.0 Å². The minimum absolute atomic E-state index is 0.0361. The lowest BCUT2D eigenvalue weighted by molar-refractivity contribution is 0.0938. The first kappa shape index (κ1) is 22.1. The topological polar surface area (TPSA) is 88.4 Å². The molecule has 0 saturated carbocycles. The van der Waals surface area contributed by atoms with Crippen LogP contribution in [-0.2, 0) is 10.0 Å². The molecule has 1 amide bonds. The van der Waals surface area contributed by atoms with Gasteiger partial charge in [-0.2, -0.15) is 0 Å². The molecule has 0 bridgehead atoms. The zero-order valence-electron chi connectivity index (χ0n) is 16.8. The molecule has 1 aromatic heterocycles. The number of rotatable bonds is 6. The van der Waals surface area contributed by atoms with Gasteiger partial charge >= 0.3 is 0 Å². The van der Waals surface area contributed by atoms with Gasteiger partial charge in [0.2, 0.25) is 10.0 Å². The van der Waals surface area contributed by atoms with Crippen molar-refractivity contribution in [2.45, 2.75) is 37.2 Å². The molecule has 158 valence electrons. The number of carbonyl (C=O) groups excluding carboxylic acids is 1. The number of sulfonamides is 1. The minimum Gasteiger partial charge on any atom is -0.467 e. The first-order valence-electron chi connectivity index (χ1n) is 9.29. The van der Waals surface area contributed by atoms with Crippen molar-refractivity contribution in [2.24, 2.45) is 0 Å². The Hall–Kier alpha value is -2.61. The van der Waals surface area contributed by atoms with E-state index in [0.29, 0.717) is 5.76 Å². The zero-order chi connectivity index (χ0) is 21.9. The number of hydrogen-bond donors (Lipinski definition) is 2. The van der Waals surface area contributed by atoms with Gasteiger partial charge in [0.25, 0.3) is 5.91 Å². The summed E-state index contributed by atoms with van der Waals surface area (Å²) in [7, 11) is -3.91. The standard InChI is InChI=1S/C22H23ClN2O4S/c1-22(2,3)25-30(27,28)19-14-16(11-12-17(19)23)21(26)24-20(18-10-7-13-29-18)15-8-5-4-6-9-15/h4-14,20,25H,1-3H3,(H,24,26). The van der Waals surface area contributed by atoms with Crippen LogP contribution in [0.3, 0.4) is 0 Å². The average Bonchev–Trinajstić information content (AvgIpc) is 3.19. The van der Waals surface area contributed by atoms with E-state index in [-0.39, 0.29) is 15.5 Å². The van der Waals surface area contributed by atoms with Crippen LogP contribution in [0.15, 0.2) is 76.2 Å². The van der Waals surface area contributed by atoms with Crippen LogP contribution >= 0.6 is 11.6 Å². The maximum absolute atomic E-state index is 13.0. The van der Waals surface area contributed by atoms with Gasteiger partial charge in [0, 0.05) is 11.1 Å². The normalized spacial score (nSPS) is 13.1. The van der Waals surface area contributed by atoms with Gasteiger partial charge < -0.3 is 9.73 Å². The maximum atomic E-state index is 13.0. The number of furan rings is 1. The van der Waals surface area contributed by atoms with Gasteiger partial charge in [-0.1, -0.05) is 41.9 Å². The van der Waals surface area contributed by atoms with Crippen LogP contribution in [0.25, 0.3) is 0 Å². The largest absolute Gasteiger partial charge is 0.467 e. The lowest BCUT2D eigenvalue weighted by atomic mass is 10.0. The van der Waals surface area contributed by atoms with E-state index in [9.17, 15) is 13.2 Å². The number of amides is 1. The smallest absolute Gasteiger partial charge is 0.252 e. The summed E-state index contributed by atoms with van der Waals surface area (Å²) < 4.78 is 33.5. The Bertz CT molecular complexity index is 1120. The van der Waals surface area contributed by atoms with E-state index in [4.69, 9.17) is 16.0 Å². The first-order valence-corrected chi connectivity index (χ1v) is 11.2. The quantitative estimate of drug-likeness (QED) is 0.582. The molecule has 30 heavy (non-hydrogen) atoms. The van der Waals surface area contributed by atoms with E-state index < -0.39 is 27.5 Å². The minimum atomic E-state index is -3.91. The van der Waals surface area contributed by atoms with Gasteiger partial charge in [-0.3, -0.25) is 4.79 Å². The molecule has 3 rings (SSSR count). The molecule has 0 saturated heterocycles. The number of halogens is 1. The van der Waals surface area contributed by atoms with E-state index in [1.54, 1.807) is 32.9 Å². The van der Waals surface area contributed by atoms with Crippen molar-refractivity contribution in [3.8, 4) is 0 Å². The summed E-state index contributed by atoms with van der Waals surface area (Å²) in [4.78, 5) is 12.8. The molecule has 0 aliphatic rings. The molecule has 2 aromatic carbocycles. The lowest BCUT2D eigenvalue weighted by Gasteiger charge is -2.21. The molecule has 2 N–H and O–H groups in total. The van der Waals surface area contributed by atoms with Crippen LogP contribution in [-0.4, -0.2) is 19.9 Å². The fraction of sp³-hybridized carbons (Fsp3) is 0.227. The van der Waals surface area contributed by atoms with Crippen LogP contribution < -0.4 is 10.0 Å². The molecule has 0 fully saturated rings. The molecule has 8 heteroatoms. The van der Waals surface area contributed by atoms with Crippen molar-refractivity contribution in [1.29, 1.82) is 0 Å². The second-order valence-electron chi connectivity index (χ2n) is 7.83. The summed E-state index contributed by atoms with van der Waals surface area (Å²) in [6, 6.07) is 16.5. The SMILES string of the molecule is CC(C)(C)NS(=O)(=O)c1cc(C(=O)NC(c2ccccc2)c2ccco2)ccc1Cl. The monoisotopic (exact) mass is 446 g/mol. The molecular weight excluding hydrogens is 424 g/mol. The highest BCUT2D eigenvalue weighted by atomic mass is 35.5. The Morgan fingerprint density at radius 2 is 1.73 bits per heavy atom. The Morgan fingerprint density at radius 1 is 1.03 bits per heavy atom. The Balaban J connectivity index is 1.93. The Kier molecular flexibility index (Phi) is 6.36. The van der Waals surface area contributed by atoms with Crippen LogP contribution in [0.2, 0.25) is 5.02 Å². The summed E-state index contributed by atoms with van der Waals surface area (Å²) in [5.74, 6) is 0.106. The van der Waals surface area contributed by atoms with Crippen molar-refractivity contribution in [2.75, 3.05) is 0 Å². The van der Waals surface area contributed by atoms with Gasteiger partial charge in [-0.05, 0) is 56.7 Å². The highest BCUT2D eigenvalue weighted by Gasteiger charge is 2.26. The van der Waals surface area contributed by atoms with Crippen molar-refractivity contribution in [3.63, 3.8) is 0 Å². The Labute approximate surface area is 181 Å². The average molecular weight is 447 g/mol.